The maximum absolute atomic E-state index is 13.1. The van der Waals surface area contributed by atoms with Gasteiger partial charge < -0.3 is 10.6 Å². The van der Waals surface area contributed by atoms with E-state index in [4.69, 9.17) is 0 Å². The first-order valence-corrected chi connectivity index (χ1v) is 11.3. The number of hydrogen-bond acceptors (Lipinski definition) is 2. The third kappa shape index (κ3) is 5.50. The predicted octanol–water partition coefficient (Wildman–Crippen LogP) is 4.92. The summed E-state index contributed by atoms with van der Waals surface area (Å²) in [6.45, 7) is 4.09. The van der Waals surface area contributed by atoms with Gasteiger partial charge in [-0.25, -0.2) is 0 Å². The summed E-state index contributed by atoms with van der Waals surface area (Å²) in [4.78, 5) is 26.1. The predicted molar refractivity (Wildman–Crippen MR) is 121 cm³/mol. The van der Waals surface area contributed by atoms with Crippen LogP contribution in [0.2, 0.25) is 0 Å². The lowest BCUT2D eigenvalue weighted by atomic mass is 9.87. The smallest absolute Gasteiger partial charge is 0.227 e. The van der Waals surface area contributed by atoms with E-state index in [0.717, 1.165) is 49.7 Å². The molecule has 2 aromatic carbocycles. The van der Waals surface area contributed by atoms with E-state index >= 15 is 0 Å². The highest BCUT2D eigenvalue weighted by Gasteiger charge is 2.31. The molecule has 0 heterocycles. The molecule has 0 radical (unpaired) electrons. The zero-order chi connectivity index (χ0) is 21.3. The molecular weight excluding hydrogens is 372 g/mol. The van der Waals surface area contributed by atoms with Crippen molar-refractivity contribution in [2.24, 2.45) is 0 Å². The van der Waals surface area contributed by atoms with Crippen LogP contribution in [0.4, 0.5) is 0 Å². The molecule has 4 heteroatoms. The van der Waals surface area contributed by atoms with Gasteiger partial charge in [-0.1, -0.05) is 87.4 Å². The Morgan fingerprint density at radius 3 is 1.43 bits per heavy atom. The minimum Gasteiger partial charge on any atom is -0.351 e. The highest BCUT2D eigenvalue weighted by atomic mass is 16.2. The minimum absolute atomic E-state index is 0.0127. The van der Waals surface area contributed by atoms with E-state index in [1.165, 1.54) is 0 Å². The first-order valence-electron chi connectivity index (χ1n) is 11.3. The Labute approximate surface area is 180 Å². The third-order valence-corrected chi connectivity index (χ3v) is 6.27. The van der Waals surface area contributed by atoms with Crippen molar-refractivity contribution in [3.05, 3.63) is 71.8 Å². The third-order valence-electron chi connectivity index (χ3n) is 6.27. The van der Waals surface area contributed by atoms with Gasteiger partial charge in [0.05, 0.1) is 11.8 Å². The highest BCUT2D eigenvalue weighted by Crippen LogP contribution is 2.25. The summed E-state index contributed by atoms with van der Waals surface area (Å²) < 4.78 is 0. The van der Waals surface area contributed by atoms with E-state index in [9.17, 15) is 9.59 Å². The normalized spacial score (nSPS) is 20.7. The van der Waals surface area contributed by atoms with Gasteiger partial charge in [-0.2, -0.15) is 0 Å². The fraction of sp³-hybridized carbons (Fsp3) is 0.462. The van der Waals surface area contributed by atoms with E-state index in [1.54, 1.807) is 0 Å². The monoisotopic (exact) mass is 406 g/mol. The average molecular weight is 407 g/mol. The number of nitrogens with one attached hydrogen (secondary N) is 2. The summed E-state index contributed by atoms with van der Waals surface area (Å²) >= 11 is 0. The lowest BCUT2D eigenvalue weighted by Crippen LogP contribution is -2.54. The molecule has 2 aromatic rings. The number of rotatable bonds is 8. The summed E-state index contributed by atoms with van der Waals surface area (Å²) in [6.07, 6.45) is 5.48. The minimum atomic E-state index is -0.155. The van der Waals surface area contributed by atoms with Crippen LogP contribution in [-0.2, 0) is 9.59 Å². The molecule has 0 aliphatic heterocycles. The summed E-state index contributed by atoms with van der Waals surface area (Å²) in [5, 5.41) is 6.53. The van der Waals surface area contributed by atoms with Crippen LogP contribution in [0.25, 0.3) is 0 Å². The summed E-state index contributed by atoms with van der Waals surface area (Å²) in [6, 6.07) is 19.9. The molecule has 30 heavy (non-hydrogen) atoms. The van der Waals surface area contributed by atoms with Gasteiger partial charge in [0.1, 0.15) is 0 Å². The zero-order valence-corrected chi connectivity index (χ0v) is 18.1. The Morgan fingerprint density at radius 2 is 1.10 bits per heavy atom. The molecule has 0 bridgehead atoms. The molecular formula is C26H34N2O2. The quantitative estimate of drug-likeness (QED) is 0.654. The van der Waals surface area contributed by atoms with E-state index < -0.39 is 0 Å². The van der Waals surface area contributed by atoms with Gasteiger partial charge in [0.25, 0.3) is 0 Å². The van der Waals surface area contributed by atoms with E-state index in [-0.39, 0.29) is 35.7 Å². The first-order chi connectivity index (χ1) is 14.6. The lowest BCUT2D eigenvalue weighted by Gasteiger charge is -2.34. The Balaban J connectivity index is 1.67. The first kappa shape index (κ1) is 22.1. The molecule has 3 rings (SSSR count). The van der Waals surface area contributed by atoms with Gasteiger partial charge in [0.15, 0.2) is 0 Å². The molecule has 160 valence electrons. The Hall–Kier alpha value is -2.62. The van der Waals surface area contributed by atoms with Crippen LogP contribution >= 0.6 is 0 Å². The second-order valence-corrected chi connectivity index (χ2v) is 8.26. The van der Waals surface area contributed by atoms with E-state index in [0.29, 0.717) is 0 Å². The van der Waals surface area contributed by atoms with Crippen molar-refractivity contribution in [3.8, 4) is 0 Å². The van der Waals surface area contributed by atoms with Crippen LogP contribution < -0.4 is 10.6 Å². The maximum atomic E-state index is 13.1. The topological polar surface area (TPSA) is 58.2 Å². The van der Waals surface area contributed by atoms with Gasteiger partial charge in [-0.05, 0) is 36.8 Å². The Morgan fingerprint density at radius 1 is 0.733 bits per heavy atom. The van der Waals surface area contributed by atoms with Crippen molar-refractivity contribution < 1.29 is 9.59 Å². The van der Waals surface area contributed by atoms with Crippen molar-refractivity contribution in [1.29, 1.82) is 0 Å². The molecule has 4 atom stereocenters. The molecule has 1 saturated carbocycles. The fourth-order valence-corrected chi connectivity index (χ4v) is 4.56. The van der Waals surface area contributed by atoms with Gasteiger partial charge in [-0.3, -0.25) is 9.59 Å². The second-order valence-electron chi connectivity index (χ2n) is 8.26. The van der Waals surface area contributed by atoms with Crippen molar-refractivity contribution >= 4 is 11.8 Å². The molecule has 1 aliphatic carbocycles. The van der Waals surface area contributed by atoms with Crippen LogP contribution in [0.15, 0.2) is 60.7 Å². The van der Waals surface area contributed by atoms with Gasteiger partial charge in [-0.15, -0.1) is 0 Å². The van der Waals surface area contributed by atoms with Crippen LogP contribution in [-0.4, -0.2) is 23.9 Å². The second kappa shape index (κ2) is 11.0. The van der Waals surface area contributed by atoms with Crippen molar-refractivity contribution in [2.45, 2.75) is 76.3 Å². The van der Waals surface area contributed by atoms with Gasteiger partial charge >= 0.3 is 0 Å². The Bertz CT molecular complexity index is 737. The largest absolute Gasteiger partial charge is 0.351 e. The van der Waals surface area contributed by atoms with Crippen molar-refractivity contribution in [3.63, 3.8) is 0 Å². The maximum Gasteiger partial charge on any atom is 0.227 e. The molecule has 2 N–H and O–H groups in total. The number of carbonyl (C=O) groups excluding carboxylic acids is 2. The molecule has 1 fully saturated rings. The summed E-state index contributed by atoms with van der Waals surface area (Å²) in [5.41, 5.74) is 2.09. The Kier molecular flexibility index (Phi) is 8.06. The number of carbonyl (C=O) groups is 2. The summed E-state index contributed by atoms with van der Waals surface area (Å²) in [5.74, 6) is -0.190. The van der Waals surface area contributed by atoms with Crippen LogP contribution in [0.5, 0.6) is 0 Å². The fourth-order valence-electron chi connectivity index (χ4n) is 4.56. The molecule has 4 unspecified atom stereocenters. The van der Waals surface area contributed by atoms with Crippen molar-refractivity contribution in [1.82, 2.24) is 10.6 Å². The lowest BCUT2D eigenvalue weighted by molar-refractivity contribution is -0.126. The van der Waals surface area contributed by atoms with Crippen LogP contribution in [0, 0.1) is 0 Å². The zero-order valence-electron chi connectivity index (χ0n) is 18.1. The molecule has 2 amide bonds. The summed E-state index contributed by atoms with van der Waals surface area (Å²) in [7, 11) is 0. The number of benzene rings is 2. The molecule has 0 saturated heterocycles. The number of amides is 2. The van der Waals surface area contributed by atoms with Gasteiger partial charge in [0.2, 0.25) is 11.8 Å². The molecule has 4 nitrogen and oxygen atoms in total. The number of hydrogen-bond donors (Lipinski definition) is 2. The molecule has 0 aromatic heterocycles. The van der Waals surface area contributed by atoms with E-state index in [2.05, 4.69) is 10.6 Å². The average Bonchev–Trinajstić information content (AvgIpc) is 2.78. The molecule has 0 spiro atoms. The van der Waals surface area contributed by atoms with E-state index in [1.807, 2.05) is 74.5 Å². The van der Waals surface area contributed by atoms with Gasteiger partial charge in [0, 0.05) is 12.1 Å². The molecule has 1 aliphatic rings. The van der Waals surface area contributed by atoms with Crippen molar-refractivity contribution in [2.75, 3.05) is 0 Å². The highest BCUT2D eigenvalue weighted by molar-refractivity contribution is 5.85. The SMILES string of the molecule is CCC(C(=O)NC1CCCCC1NC(=O)C(CC)c1ccccc1)c1ccccc1. The van der Waals surface area contributed by atoms with Crippen LogP contribution in [0.1, 0.15) is 75.3 Å². The van der Waals surface area contributed by atoms with Crippen LogP contribution in [0.3, 0.4) is 0 Å². The standard InChI is InChI=1S/C26H34N2O2/c1-3-21(19-13-7-5-8-14-19)25(29)27-23-17-11-12-18-24(23)28-26(30)22(4-2)20-15-9-6-10-16-20/h5-10,13-16,21-24H,3-4,11-12,17-18H2,1-2H3,(H,27,29)(H,28,30).